The average molecular weight is 227 g/mol. The minimum atomic E-state index is 0.938. The second kappa shape index (κ2) is 9.00. The van der Waals surface area contributed by atoms with Crippen LogP contribution in [-0.4, -0.2) is 37.7 Å². The van der Waals surface area contributed by atoms with Crippen molar-refractivity contribution in [1.82, 2.24) is 4.90 Å². The first-order chi connectivity index (χ1) is 7.86. The second-order valence-corrected chi connectivity index (χ2v) is 5.01. The molecule has 1 aliphatic heterocycles. The van der Waals surface area contributed by atoms with Crippen LogP contribution in [0.1, 0.15) is 52.4 Å². The average Bonchev–Trinajstić information content (AvgIpc) is 2.35. The van der Waals surface area contributed by atoms with Crippen molar-refractivity contribution in [2.24, 2.45) is 5.92 Å². The van der Waals surface area contributed by atoms with Crippen LogP contribution in [0.5, 0.6) is 0 Å². The standard InChI is InChI=1S/C14H29NO/c1-3-5-7-14(4-2)8-6-9-15-10-12-16-13-11-15/h14H,3-13H2,1-2H3. The van der Waals surface area contributed by atoms with Gasteiger partial charge >= 0.3 is 0 Å². The lowest BCUT2D eigenvalue weighted by Crippen LogP contribution is -2.36. The third kappa shape index (κ3) is 5.86. The Labute approximate surface area is 101 Å². The Balaban J connectivity index is 2.02. The molecule has 0 aromatic carbocycles. The van der Waals surface area contributed by atoms with Crippen LogP contribution in [0, 0.1) is 5.92 Å². The molecule has 0 saturated carbocycles. The smallest absolute Gasteiger partial charge is 0.0594 e. The number of ether oxygens (including phenoxy) is 1. The fourth-order valence-corrected chi connectivity index (χ4v) is 2.47. The third-order valence-corrected chi connectivity index (χ3v) is 3.73. The molecule has 0 amide bonds. The first-order valence-corrected chi connectivity index (χ1v) is 7.16. The van der Waals surface area contributed by atoms with Gasteiger partial charge < -0.3 is 4.74 Å². The SMILES string of the molecule is CCCCC(CC)CCCN1CCOCC1. The zero-order valence-electron chi connectivity index (χ0n) is 11.2. The fourth-order valence-electron chi connectivity index (χ4n) is 2.47. The number of hydrogen-bond acceptors (Lipinski definition) is 2. The molecule has 1 fully saturated rings. The lowest BCUT2D eigenvalue weighted by Gasteiger charge is -2.27. The topological polar surface area (TPSA) is 12.5 Å². The summed E-state index contributed by atoms with van der Waals surface area (Å²) in [6.45, 7) is 10.1. The van der Waals surface area contributed by atoms with E-state index in [4.69, 9.17) is 4.74 Å². The number of hydrogen-bond donors (Lipinski definition) is 0. The summed E-state index contributed by atoms with van der Waals surface area (Å²) in [4.78, 5) is 2.55. The van der Waals surface area contributed by atoms with Gasteiger partial charge in [-0.2, -0.15) is 0 Å². The summed E-state index contributed by atoms with van der Waals surface area (Å²) in [5, 5.41) is 0. The van der Waals surface area contributed by atoms with Gasteiger partial charge in [0.1, 0.15) is 0 Å². The van der Waals surface area contributed by atoms with Crippen molar-refractivity contribution in [2.75, 3.05) is 32.8 Å². The monoisotopic (exact) mass is 227 g/mol. The molecule has 1 unspecified atom stereocenters. The quantitative estimate of drug-likeness (QED) is 0.631. The van der Waals surface area contributed by atoms with Gasteiger partial charge in [0.2, 0.25) is 0 Å². The lowest BCUT2D eigenvalue weighted by molar-refractivity contribution is 0.0366. The maximum atomic E-state index is 5.36. The van der Waals surface area contributed by atoms with Crippen LogP contribution in [0.3, 0.4) is 0 Å². The van der Waals surface area contributed by atoms with Crippen molar-refractivity contribution < 1.29 is 4.74 Å². The maximum Gasteiger partial charge on any atom is 0.0594 e. The molecule has 1 aliphatic rings. The molecular formula is C14H29NO. The van der Waals surface area contributed by atoms with E-state index in [-0.39, 0.29) is 0 Å². The van der Waals surface area contributed by atoms with Crippen molar-refractivity contribution >= 4 is 0 Å². The molecule has 2 nitrogen and oxygen atoms in total. The molecule has 0 radical (unpaired) electrons. The number of unbranched alkanes of at least 4 members (excludes halogenated alkanes) is 1. The van der Waals surface area contributed by atoms with Gasteiger partial charge in [-0.25, -0.2) is 0 Å². The van der Waals surface area contributed by atoms with Crippen molar-refractivity contribution in [3.8, 4) is 0 Å². The van der Waals surface area contributed by atoms with E-state index in [2.05, 4.69) is 18.7 Å². The Hall–Kier alpha value is -0.0800. The zero-order chi connectivity index (χ0) is 11.6. The van der Waals surface area contributed by atoms with Crippen LogP contribution in [0.4, 0.5) is 0 Å². The van der Waals surface area contributed by atoms with Gasteiger partial charge in [-0.15, -0.1) is 0 Å². The minimum absolute atomic E-state index is 0.938. The molecule has 96 valence electrons. The predicted molar refractivity (Wildman–Crippen MR) is 69.8 cm³/mol. The highest BCUT2D eigenvalue weighted by molar-refractivity contribution is 4.64. The summed E-state index contributed by atoms with van der Waals surface area (Å²) in [5.41, 5.74) is 0. The Morgan fingerprint density at radius 2 is 1.75 bits per heavy atom. The highest BCUT2D eigenvalue weighted by atomic mass is 16.5. The van der Waals surface area contributed by atoms with Gasteiger partial charge in [0.25, 0.3) is 0 Å². The molecule has 0 bridgehead atoms. The van der Waals surface area contributed by atoms with E-state index in [1.54, 1.807) is 0 Å². The van der Waals surface area contributed by atoms with Gasteiger partial charge in [0, 0.05) is 13.1 Å². The Kier molecular flexibility index (Phi) is 7.87. The molecule has 16 heavy (non-hydrogen) atoms. The zero-order valence-corrected chi connectivity index (χ0v) is 11.2. The van der Waals surface area contributed by atoms with Crippen LogP contribution < -0.4 is 0 Å². The van der Waals surface area contributed by atoms with E-state index >= 15 is 0 Å². The van der Waals surface area contributed by atoms with E-state index in [1.807, 2.05) is 0 Å². The lowest BCUT2D eigenvalue weighted by atomic mass is 9.94. The van der Waals surface area contributed by atoms with E-state index in [0.29, 0.717) is 0 Å². The number of nitrogens with zero attached hydrogens (tertiary/aromatic N) is 1. The van der Waals surface area contributed by atoms with Crippen LogP contribution in [-0.2, 0) is 4.74 Å². The molecule has 1 heterocycles. The number of morpholine rings is 1. The van der Waals surface area contributed by atoms with E-state index in [0.717, 1.165) is 32.2 Å². The number of rotatable bonds is 8. The van der Waals surface area contributed by atoms with Crippen molar-refractivity contribution in [3.05, 3.63) is 0 Å². The summed E-state index contributed by atoms with van der Waals surface area (Å²) >= 11 is 0. The largest absolute Gasteiger partial charge is 0.379 e. The first kappa shape index (κ1) is 14.0. The first-order valence-electron chi connectivity index (χ1n) is 7.16. The van der Waals surface area contributed by atoms with E-state index < -0.39 is 0 Å². The summed E-state index contributed by atoms with van der Waals surface area (Å²) < 4.78 is 5.36. The van der Waals surface area contributed by atoms with Crippen molar-refractivity contribution in [1.29, 1.82) is 0 Å². The van der Waals surface area contributed by atoms with Gasteiger partial charge in [-0.3, -0.25) is 4.90 Å². The molecular weight excluding hydrogens is 198 g/mol. The van der Waals surface area contributed by atoms with Gasteiger partial charge in [0.05, 0.1) is 13.2 Å². The molecule has 2 heteroatoms. The van der Waals surface area contributed by atoms with Crippen LogP contribution in [0.15, 0.2) is 0 Å². The highest BCUT2D eigenvalue weighted by Crippen LogP contribution is 2.18. The Morgan fingerprint density at radius 3 is 2.38 bits per heavy atom. The summed E-state index contributed by atoms with van der Waals surface area (Å²) in [5.74, 6) is 0.973. The van der Waals surface area contributed by atoms with Gasteiger partial charge in [-0.05, 0) is 25.3 Å². The van der Waals surface area contributed by atoms with Crippen LogP contribution in [0.25, 0.3) is 0 Å². The predicted octanol–water partition coefficient (Wildman–Crippen LogP) is 3.32. The second-order valence-electron chi connectivity index (χ2n) is 5.01. The van der Waals surface area contributed by atoms with Crippen molar-refractivity contribution in [2.45, 2.75) is 52.4 Å². The molecule has 0 aliphatic carbocycles. The van der Waals surface area contributed by atoms with E-state index in [9.17, 15) is 0 Å². The molecule has 0 N–H and O–H groups in total. The van der Waals surface area contributed by atoms with E-state index in [1.165, 1.54) is 45.1 Å². The molecule has 1 saturated heterocycles. The van der Waals surface area contributed by atoms with Crippen LogP contribution in [0.2, 0.25) is 0 Å². The highest BCUT2D eigenvalue weighted by Gasteiger charge is 2.11. The summed E-state index contributed by atoms with van der Waals surface area (Å²) in [7, 11) is 0. The molecule has 0 aromatic rings. The fraction of sp³-hybridized carbons (Fsp3) is 1.00. The molecule has 0 spiro atoms. The van der Waals surface area contributed by atoms with Crippen molar-refractivity contribution in [3.63, 3.8) is 0 Å². The van der Waals surface area contributed by atoms with Gasteiger partial charge in [0.15, 0.2) is 0 Å². The molecule has 1 atom stereocenters. The van der Waals surface area contributed by atoms with Gasteiger partial charge in [-0.1, -0.05) is 39.5 Å². The Bertz CT molecular complexity index is 155. The van der Waals surface area contributed by atoms with Crippen LogP contribution >= 0.6 is 0 Å². The Morgan fingerprint density at radius 1 is 1.06 bits per heavy atom. The molecule has 1 rings (SSSR count). The maximum absolute atomic E-state index is 5.36. The normalized spacial score (nSPS) is 19.9. The minimum Gasteiger partial charge on any atom is -0.379 e. The summed E-state index contributed by atoms with van der Waals surface area (Å²) in [6, 6.07) is 0. The third-order valence-electron chi connectivity index (χ3n) is 3.73. The molecule has 0 aromatic heterocycles. The summed E-state index contributed by atoms with van der Waals surface area (Å²) in [6.07, 6.45) is 8.37.